The summed E-state index contributed by atoms with van der Waals surface area (Å²) in [5, 5.41) is 4.10. The Labute approximate surface area is 110 Å². The van der Waals surface area contributed by atoms with Crippen LogP contribution in [0.4, 0.5) is 4.79 Å². The van der Waals surface area contributed by atoms with E-state index in [-0.39, 0.29) is 0 Å². The molecule has 100 valence electrons. The molecule has 0 bridgehead atoms. The zero-order valence-electron chi connectivity index (χ0n) is 10.4. The van der Waals surface area contributed by atoms with E-state index >= 15 is 0 Å². The molecule has 1 saturated carbocycles. The Balaban J connectivity index is 1.89. The monoisotopic (exact) mass is 261 g/mol. The third-order valence-electron chi connectivity index (χ3n) is 3.09. The van der Waals surface area contributed by atoms with E-state index in [2.05, 4.69) is 10.5 Å². The standard InChI is InChI=1S/C13H15N3O3/c14-13(17)16-15-12(8-1-2-8)9-3-4-10-11(7-9)19-6-5-18-10/h3-4,7-8H,1-2,5-6H2,(H3,14,16,17). The maximum atomic E-state index is 10.8. The molecular formula is C13H15N3O3. The van der Waals surface area contributed by atoms with Gasteiger partial charge in [-0.15, -0.1) is 0 Å². The Hall–Kier alpha value is -2.24. The fourth-order valence-corrected chi connectivity index (χ4v) is 2.07. The number of urea groups is 1. The topological polar surface area (TPSA) is 85.9 Å². The summed E-state index contributed by atoms with van der Waals surface area (Å²) >= 11 is 0. The summed E-state index contributed by atoms with van der Waals surface area (Å²) in [6.45, 7) is 1.12. The highest BCUT2D eigenvalue weighted by Crippen LogP contribution is 2.36. The second-order valence-corrected chi connectivity index (χ2v) is 4.61. The number of ether oxygens (including phenoxy) is 2. The molecule has 2 amide bonds. The van der Waals surface area contributed by atoms with Gasteiger partial charge in [0.2, 0.25) is 0 Å². The van der Waals surface area contributed by atoms with E-state index in [1.165, 1.54) is 0 Å². The van der Waals surface area contributed by atoms with Crippen LogP contribution in [0.2, 0.25) is 0 Å². The minimum absolute atomic E-state index is 0.384. The molecule has 0 saturated heterocycles. The Bertz CT molecular complexity index is 538. The fourth-order valence-electron chi connectivity index (χ4n) is 2.07. The molecule has 0 aromatic heterocycles. The Morgan fingerprint density at radius 2 is 2.00 bits per heavy atom. The summed E-state index contributed by atoms with van der Waals surface area (Å²) in [7, 11) is 0. The van der Waals surface area contributed by atoms with Crippen LogP contribution in [0.15, 0.2) is 23.3 Å². The molecule has 3 N–H and O–H groups in total. The lowest BCUT2D eigenvalue weighted by Gasteiger charge is -2.19. The van der Waals surface area contributed by atoms with Gasteiger partial charge >= 0.3 is 6.03 Å². The zero-order valence-corrected chi connectivity index (χ0v) is 10.4. The van der Waals surface area contributed by atoms with E-state index in [1.54, 1.807) is 0 Å². The average molecular weight is 261 g/mol. The third-order valence-corrected chi connectivity index (χ3v) is 3.09. The molecule has 3 rings (SSSR count). The fraction of sp³-hybridized carbons (Fsp3) is 0.385. The maximum absolute atomic E-state index is 10.8. The number of fused-ring (bicyclic) bond motifs is 1. The highest BCUT2D eigenvalue weighted by atomic mass is 16.6. The SMILES string of the molecule is NC(=O)NN=C(c1ccc2c(c1)OCCO2)C1CC1. The van der Waals surface area contributed by atoms with Gasteiger partial charge in [0.1, 0.15) is 13.2 Å². The number of carbonyl (C=O) groups excluding carboxylic acids is 1. The summed E-state index contributed by atoms with van der Waals surface area (Å²) in [6, 6.07) is 5.03. The van der Waals surface area contributed by atoms with Gasteiger partial charge in [-0.2, -0.15) is 5.10 Å². The second kappa shape index (κ2) is 4.79. The van der Waals surface area contributed by atoms with Gasteiger partial charge < -0.3 is 15.2 Å². The lowest BCUT2D eigenvalue weighted by Crippen LogP contribution is -2.26. The van der Waals surface area contributed by atoms with Crippen molar-refractivity contribution in [2.45, 2.75) is 12.8 Å². The first-order valence-corrected chi connectivity index (χ1v) is 6.27. The van der Waals surface area contributed by atoms with Gasteiger partial charge in [-0.1, -0.05) is 0 Å². The number of hydrazone groups is 1. The molecule has 6 heteroatoms. The molecule has 0 atom stereocenters. The van der Waals surface area contributed by atoms with Gasteiger partial charge in [-0.05, 0) is 31.0 Å². The van der Waals surface area contributed by atoms with Gasteiger partial charge in [0.05, 0.1) is 5.71 Å². The lowest BCUT2D eigenvalue weighted by molar-refractivity contribution is 0.171. The number of hydrogen-bond donors (Lipinski definition) is 2. The first-order chi connectivity index (χ1) is 9.24. The van der Waals surface area contributed by atoms with Gasteiger partial charge in [0.25, 0.3) is 0 Å². The van der Waals surface area contributed by atoms with Crippen molar-refractivity contribution in [2.75, 3.05) is 13.2 Å². The van der Waals surface area contributed by atoms with E-state index in [0.717, 1.165) is 35.6 Å². The van der Waals surface area contributed by atoms with Crippen molar-refractivity contribution >= 4 is 11.7 Å². The first kappa shape index (κ1) is 11.8. The molecule has 0 spiro atoms. The molecule has 19 heavy (non-hydrogen) atoms. The summed E-state index contributed by atoms with van der Waals surface area (Å²) in [6.07, 6.45) is 2.15. The predicted octanol–water partition coefficient (Wildman–Crippen LogP) is 1.24. The Morgan fingerprint density at radius 3 is 2.68 bits per heavy atom. The molecular weight excluding hydrogens is 246 g/mol. The van der Waals surface area contributed by atoms with Crippen LogP contribution in [0, 0.1) is 5.92 Å². The highest BCUT2D eigenvalue weighted by Gasteiger charge is 2.29. The third kappa shape index (κ3) is 2.62. The van der Waals surface area contributed by atoms with E-state index in [9.17, 15) is 4.79 Å². The van der Waals surface area contributed by atoms with Crippen LogP contribution < -0.4 is 20.6 Å². The molecule has 1 aliphatic carbocycles. The van der Waals surface area contributed by atoms with Crippen LogP contribution >= 0.6 is 0 Å². The van der Waals surface area contributed by atoms with Crippen LogP contribution in [0.1, 0.15) is 18.4 Å². The van der Waals surface area contributed by atoms with Crippen molar-refractivity contribution in [3.05, 3.63) is 23.8 Å². The molecule has 6 nitrogen and oxygen atoms in total. The highest BCUT2D eigenvalue weighted by molar-refractivity contribution is 6.04. The van der Waals surface area contributed by atoms with Crippen molar-refractivity contribution in [1.82, 2.24) is 5.43 Å². The number of primary amides is 1. The number of amides is 2. The minimum atomic E-state index is -0.657. The molecule has 0 radical (unpaired) electrons. The molecule has 1 aromatic carbocycles. The molecule has 0 unspecified atom stereocenters. The largest absolute Gasteiger partial charge is 0.486 e. The van der Waals surface area contributed by atoms with Gasteiger partial charge in [0, 0.05) is 11.5 Å². The minimum Gasteiger partial charge on any atom is -0.486 e. The van der Waals surface area contributed by atoms with Gasteiger partial charge in [-0.25, -0.2) is 10.2 Å². The summed E-state index contributed by atoms with van der Waals surface area (Å²) in [5.74, 6) is 1.85. The average Bonchev–Trinajstić information content (AvgIpc) is 3.23. The summed E-state index contributed by atoms with van der Waals surface area (Å²) in [5.41, 5.74) is 9.12. The second-order valence-electron chi connectivity index (χ2n) is 4.61. The molecule has 1 aromatic rings. The number of nitrogens with two attached hydrogens (primary N) is 1. The van der Waals surface area contributed by atoms with E-state index < -0.39 is 6.03 Å². The lowest BCUT2D eigenvalue weighted by atomic mass is 10.1. The number of nitrogens with one attached hydrogen (secondary N) is 1. The normalized spacial score (nSPS) is 18.0. The van der Waals surface area contributed by atoms with Crippen molar-refractivity contribution in [3.63, 3.8) is 0 Å². The van der Waals surface area contributed by atoms with E-state index in [4.69, 9.17) is 15.2 Å². The van der Waals surface area contributed by atoms with Gasteiger partial charge in [0.15, 0.2) is 11.5 Å². The van der Waals surface area contributed by atoms with Crippen LogP contribution in [-0.4, -0.2) is 25.0 Å². The number of carbonyl (C=O) groups is 1. The van der Waals surface area contributed by atoms with Crippen LogP contribution in [0.5, 0.6) is 11.5 Å². The molecule has 1 heterocycles. The Morgan fingerprint density at radius 1 is 1.26 bits per heavy atom. The molecule has 1 fully saturated rings. The Kier molecular flexibility index (Phi) is 2.98. The van der Waals surface area contributed by atoms with Crippen molar-refractivity contribution in [3.8, 4) is 11.5 Å². The molecule has 2 aliphatic rings. The maximum Gasteiger partial charge on any atom is 0.332 e. The van der Waals surface area contributed by atoms with Crippen LogP contribution in [0.3, 0.4) is 0 Å². The van der Waals surface area contributed by atoms with Crippen molar-refractivity contribution in [1.29, 1.82) is 0 Å². The quantitative estimate of drug-likeness (QED) is 0.634. The van der Waals surface area contributed by atoms with Crippen molar-refractivity contribution < 1.29 is 14.3 Å². The van der Waals surface area contributed by atoms with E-state index in [0.29, 0.717) is 19.1 Å². The number of benzene rings is 1. The van der Waals surface area contributed by atoms with E-state index in [1.807, 2.05) is 18.2 Å². The zero-order chi connectivity index (χ0) is 13.2. The number of nitrogens with zero attached hydrogens (tertiary/aromatic N) is 1. The van der Waals surface area contributed by atoms with Crippen LogP contribution in [-0.2, 0) is 0 Å². The summed E-state index contributed by atoms with van der Waals surface area (Å²) in [4.78, 5) is 10.8. The summed E-state index contributed by atoms with van der Waals surface area (Å²) < 4.78 is 11.0. The predicted molar refractivity (Wildman–Crippen MR) is 69.4 cm³/mol. The molecule has 1 aliphatic heterocycles. The van der Waals surface area contributed by atoms with Gasteiger partial charge in [-0.3, -0.25) is 0 Å². The van der Waals surface area contributed by atoms with Crippen molar-refractivity contribution in [2.24, 2.45) is 16.8 Å². The first-order valence-electron chi connectivity index (χ1n) is 6.27. The number of hydrogen-bond acceptors (Lipinski definition) is 4. The van der Waals surface area contributed by atoms with Crippen LogP contribution in [0.25, 0.3) is 0 Å². The number of rotatable bonds is 3. The smallest absolute Gasteiger partial charge is 0.332 e.